The minimum atomic E-state index is 0. The SMILES string of the molecule is CCNC(=NCC(C)(C)SC)N1CCC(COC)C1.I. The summed E-state index contributed by atoms with van der Waals surface area (Å²) < 4.78 is 5.46. The predicted molar refractivity (Wildman–Crippen MR) is 101 cm³/mol. The van der Waals surface area contributed by atoms with Gasteiger partial charge in [0.1, 0.15) is 0 Å². The van der Waals surface area contributed by atoms with E-state index in [0.717, 1.165) is 38.7 Å². The molecule has 0 spiro atoms. The highest BCUT2D eigenvalue weighted by atomic mass is 127. The van der Waals surface area contributed by atoms with Gasteiger partial charge in [0.2, 0.25) is 0 Å². The molecular weight excluding hydrogens is 385 g/mol. The number of hydrogen-bond donors (Lipinski definition) is 1. The molecule has 1 fully saturated rings. The normalized spacial score (nSPS) is 19.9. The summed E-state index contributed by atoms with van der Waals surface area (Å²) in [5.41, 5.74) is 0. The van der Waals surface area contributed by atoms with Crippen molar-refractivity contribution in [1.29, 1.82) is 0 Å². The van der Waals surface area contributed by atoms with Crippen molar-refractivity contribution >= 4 is 41.7 Å². The zero-order valence-electron chi connectivity index (χ0n) is 13.4. The van der Waals surface area contributed by atoms with Crippen molar-refractivity contribution < 1.29 is 4.74 Å². The maximum Gasteiger partial charge on any atom is 0.193 e. The number of likely N-dealkylation sites (tertiary alicyclic amines) is 1. The maximum atomic E-state index is 5.26. The van der Waals surface area contributed by atoms with Crippen LogP contribution in [-0.2, 0) is 4.74 Å². The Kier molecular flexibility index (Phi) is 10.3. The van der Waals surface area contributed by atoms with E-state index in [-0.39, 0.29) is 28.7 Å². The fourth-order valence-electron chi connectivity index (χ4n) is 2.15. The number of hydrogen-bond acceptors (Lipinski definition) is 3. The number of ether oxygens (including phenoxy) is 1. The van der Waals surface area contributed by atoms with Crippen LogP contribution < -0.4 is 5.32 Å². The van der Waals surface area contributed by atoms with Crippen molar-refractivity contribution in [2.75, 3.05) is 46.2 Å². The molecule has 0 amide bonds. The van der Waals surface area contributed by atoms with Crippen LogP contribution in [-0.4, -0.2) is 61.8 Å². The molecule has 4 nitrogen and oxygen atoms in total. The van der Waals surface area contributed by atoms with Crippen LogP contribution in [0.5, 0.6) is 0 Å². The summed E-state index contributed by atoms with van der Waals surface area (Å²) in [6.45, 7) is 11.4. The average Bonchev–Trinajstić information content (AvgIpc) is 2.83. The van der Waals surface area contributed by atoms with Crippen LogP contribution in [0.4, 0.5) is 0 Å². The van der Waals surface area contributed by atoms with Gasteiger partial charge in [-0.1, -0.05) is 0 Å². The van der Waals surface area contributed by atoms with Gasteiger partial charge >= 0.3 is 0 Å². The Balaban J connectivity index is 0.00000361. The molecule has 0 saturated carbocycles. The van der Waals surface area contributed by atoms with Gasteiger partial charge in [0.25, 0.3) is 0 Å². The zero-order valence-corrected chi connectivity index (χ0v) is 16.6. The summed E-state index contributed by atoms with van der Waals surface area (Å²) in [4.78, 5) is 7.17. The molecule has 20 heavy (non-hydrogen) atoms. The van der Waals surface area contributed by atoms with E-state index in [9.17, 15) is 0 Å². The van der Waals surface area contributed by atoms with Gasteiger partial charge in [0.05, 0.1) is 13.2 Å². The summed E-state index contributed by atoms with van der Waals surface area (Å²) >= 11 is 1.86. The highest BCUT2D eigenvalue weighted by Crippen LogP contribution is 2.22. The topological polar surface area (TPSA) is 36.9 Å². The van der Waals surface area contributed by atoms with Gasteiger partial charge in [-0.25, -0.2) is 0 Å². The number of nitrogens with one attached hydrogen (secondary N) is 1. The number of guanidine groups is 1. The molecule has 1 N–H and O–H groups in total. The third-order valence-corrected chi connectivity index (χ3v) is 4.72. The quantitative estimate of drug-likeness (QED) is 0.411. The number of rotatable bonds is 6. The van der Waals surface area contributed by atoms with Crippen molar-refractivity contribution in [1.82, 2.24) is 10.2 Å². The summed E-state index contributed by atoms with van der Waals surface area (Å²) in [6.07, 6.45) is 3.34. The van der Waals surface area contributed by atoms with Gasteiger partial charge in [0.15, 0.2) is 5.96 Å². The molecule has 0 aliphatic carbocycles. The van der Waals surface area contributed by atoms with Crippen LogP contribution >= 0.6 is 35.7 Å². The van der Waals surface area contributed by atoms with Gasteiger partial charge in [-0.2, -0.15) is 11.8 Å². The van der Waals surface area contributed by atoms with Crippen LogP contribution in [0.25, 0.3) is 0 Å². The number of methoxy groups -OCH3 is 1. The number of thioether (sulfide) groups is 1. The third-order valence-electron chi connectivity index (χ3n) is 3.48. The smallest absolute Gasteiger partial charge is 0.193 e. The molecule has 0 bridgehead atoms. The Morgan fingerprint density at radius 1 is 1.50 bits per heavy atom. The van der Waals surface area contributed by atoms with Crippen LogP contribution in [0.15, 0.2) is 4.99 Å². The molecule has 0 aromatic rings. The summed E-state index contributed by atoms with van der Waals surface area (Å²) in [5.74, 6) is 1.70. The van der Waals surface area contributed by atoms with Gasteiger partial charge in [-0.05, 0) is 33.4 Å². The molecule has 120 valence electrons. The lowest BCUT2D eigenvalue weighted by atomic mass is 10.1. The third kappa shape index (κ3) is 6.85. The molecule has 1 aliphatic heterocycles. The number of nitrogens with zero attached hydrogens (tertiary/aromatic N) is 2. The molecule has 0 radical (unpaired) electrons. The van der Waals surface area contributed by atoms with Crippen molar-refractivity contribution in [3.63, 3.8) is 0 Å². The number of aliphatic imine (C=N–C) groups is 1. The molecule has 6 heteroatoms. The summed E-state index contributed by atoms with van der Waals surface area (Å²) in [6, 6.07) is 0. The molecule has 1 atom stereocenters. The van der Waals surface area contributed by atoms with E-state index in [1.807, 2.05) is 11.8 Å². The van der Waals surface area contributed by atoms with Gasteiger partial charge in [-0.3, -0.25) is 4.99 Å². The van der Waals surface area contributed by atoms with Crippen molar-refractivity contribution in [3.8, 4) is 0 Å². The van der Waals surface area contributed by atoms with Crippen molar-refractivity contribution in [2.24, 2.45) is 10.9 Å². The van der Waals surface area contributed by atoms with Crippen LogP contribution in [0.1, 0.15) is 27.2 Å². The molecule has 0 aromatic carbocycles. The second-order valence-electron chi connectivity index (χ2n) is 5.69. The molecule has 1 rings (SSSR count). The zero-order chi connectivity index (χ0) is 14.3. The highest BCUT2D eigenvalue weighted by Gasteiger charge is 2.25. The fraction of sp³-hybridized carbons (Fsp3) is 0.929. The lowest BCUT2D eigenvalue weighted by Gasteiger charge is -2.24. The molecule has 1 heterocycles. The van der Waals surface area contributed by atoms with Gasteiger partial charge in [-0.15, -0.1) is 24.0 Å². The lowest BCUT2D eigenvalue weighted by molar-refractivity contribution is 0.157. The first-order valence-electron chi connectivity index (χ1n) is 7.09. The largest absolute Gasteiger partial charge is 0.384 e. The molecule has 0 aromatic heterocycles. The van der Waals surface area contributed by atoms with Crippen molar-refractivity contribution in [3.05, 3.63) is 0 Å². The van der Waals surface area contributed by atoms with E-state index in [2.05, 4.69) is 37.2 Å². The average molecular weight is 415 g/mol. The summed E-state index contributed by atoms with van der Waals surface area (Å²) in [5, 5.41) is 3.41. The summed E-state index contributed by atoms with van der Waals surface area (Å²) in [7, 11) is 1.78. The second-order valence-corrected chi connectivity index (χ2v) is 7.20. The van der Waals surface area contributed by atoms with E-state index < -0.39 is 0 Å². The van der Waals surface area contributed by atoms with E-state index in [1.165, 1.54) is 6.42 Å². The first-order chi connectivity index (χ1) is 9.02. The van der Waals surface area contributed by atoms with Crippen LogP contribution in [0, 0.1) is 5.92 Å². The Morgan fingerprint density at radius 3 is 2.75 bits per heavy atom. The van der Waals surface area contributed by atoms with Gasteiger partial charge < -0.3 is 15.0 Å². The van der Waals surface area contributed by atoms with Crippen molar-refractivity contribution in [2.45, 2.75) is 31.9 Å². The first kappa shape index (κ1) is 20.3. The number of halogens is 1. The van der Waals surface area contributed by atoms with Crippen LogP contribution in [0.3, 0.4) is 0 Å². The second kappa shape index (κ2) is 10.1. The molecular formula is C14H30IN3OS. The monoisotopic (exact) mass is 415 g/mol. The molecule has 1 aliphatic rings. The minimum Gasteiger partial charge on any atom is -0.384 e. The standard InChI is InChI=1S/C14H29N3OS.HI/c1-6-15-13(16-11-14(2,3)19-5)17-8-7-12(9-17)10-18-4;/h12H,6-11H2,1-5H3,(H,15,16);1H. The highest BCUT2D eigenvalue weighted by molar-refractivity contribution is 14.0. The Bertz CT molecular complexity index is 300. The van der Waals surface area contributed by atoms with E-state index in [4.69, 9.17) is 9.73 Å². The predicted octanol–water partition coefficient (Wildman–Crippen LogP) is 2.68. The Labute approximate surface area is 145 Å². The fourth-order valence-corrected chi connectivity index (χ4v) is 2.35. The van der Waals surface area contributed by atoms with E-state index >= 15 is 0 Å². The molecule has 1 unspecified atom stereocenters. The van der Waals surface area contributed by atoms with E-state index in [0.29, 0.717) is 5.92 Å². The van der Waals surface area contributed by atoms with Gasteiger partial charge in [0, 0.05) is 37.4 Å². The first-order valence-corrected chi connectivity index (χ1v) is 8.32. The van der Waals surface area contributed by atoms with Crippen LogP contribution in [0.2, 0.25) is 0 Å². The lowest BCUT2D eigenvalue weighted by Crippen LogP contribution is -2.41. The Hall–Kier alpha value is 0.310. The maximum absolute atomic E-state index is 5.26. The molecule has 1 saturated heterocycles. The Morgan fingerprint density at radius 2 is 2.20 bits per heavy atom. The van der Waals surface area contributed by atoms with E-state index in [1.54, 1.807) is 7.11 Å². The minimum absolute atomic E-state index is 0.